The molecule has 4 N–H and O–H groups in total. The van der Waals surface area contributed by atoms with E-state index in [4.69, 9.17) is 5.14 Å². The lowest BCUT2D eigenvalue weighted by molar-refractivity contribution is -0.125. The van der Waals surface area contributed by atoms with Gasteiger partial charge in [-0.25, -0.2) is 13.6 Å². The van der Waals surface area contributed by atoms with Gasteiger partial charge in [0.25, 0.3) is 5.91 Å². The van der Waals surface area contributed by atoms with Crippen LogP contribution in [0.2, 0.25) is 0 Å². The van der Waals surface area contributed by atoms with Gasteiger partial charge in [0.2, 0.25) is 15.0 Å². The molecule has 0 saturated carbocycles. The Morgan fingerprint density at radius 1 is 1.44 bits per heavy atom. The number of anilines is 1. The molecule has 0 aromatic heterocycles. The zero-order valence-electron chi connectivity index (χ0n) is 7.84. The number of amides is 1. The third-order valence-electron chi connectivity index (χ3n) is 2.26. The van der Waals surface area contributed by atoms with Crippen molar-refractivity contribution >= 4 is 34.2 Å². The van der Waals surface area contributed by atoms with Crippen LogP contribution in [-0.4, -0.2) is 19.4 Å². The third-order valence-corrected chi connectivity index (χ3v) is 3.61. The number of carbonyl (C=O) groups excluding carboxylic acids is 1. The molecule has 1 atom stereocenters. The third kappa shape index (κ3) is 1.59. The molecule has 0 fully saturated rings. The molecule has 0 bridgehead atoms. The van der Waals surface area contributed by atoms with E-state index in [-0.39, 0.29) is 10.5 Å². The summed E-state index contributed by atoms with van der Waals surface area (Å²) >= 11 is 3.77. The van der Waals surface area contributed by atoms with Crippen LogP contribution in [0.5, 0.6) is 0 Å². The van der Waals surface area contributed by atoms with Gasteiger partial charge < -0.3 is 10.4 Å². The van der Waals surface area contributed by atoms with Gasteiger partial charge in [0, 0.05) is 11.3 Å². The Labute approximate surface area is 96.9 Å². The topological polar surface area (TPSA) is 109 Å². The van der Waals surface area contributed by atoms with E-state index in [9.17, 15) is 18.3 Å². The Morgan fingerprint density at radius 2 is 2.06 bits per heavy atom. The summed E-state index contributed by atoms with van der Waals surface area (Å²) in [6.45, 7) is 0. The number of primary sulfonamides is 1. The lowest BCUT2D eigenvalue weighted by Gasteiger charge is -2.12. The lowest BCUT2D eigenvalue weighted by atomic mass is 10.1. The fourth-order valence-corrected chi connectivity index (χ4v) is 2.21. The van der Waals surface area contributed by atoms with Gasteiger partial charge >= 0.3 is 0 Å². The zero-order valence-corrected chi connectivity index (χ0v) is 9.55. The minimum absolute atomic E-state index is 0.0763. The first-order valence-electron chi connectivity index (χ1n) is 4.16. The summed E-state index contributed by atoms with van der Waals surface area (Å²) in [5.74, 6) is -0.725. The van der Waals surface area contributed by atoms with Crippen LogP contribution in [0.25, 0.3) is 0 Å². The van der Waals surface area contributed by atoms with E-state index in [0.717, 1.165) is 6.07 Å². The monoisotopic (exact) mass is 260 g/mol. The molecule has 1 aliphatic rings. The average Bonchev–Trinajstić information content (AvgIpc) is 2.37. The van der Waals surface area contributed by atoms with Crippen molar-refractivity contribution in [3.8, 4) is 0 Å². The molecule has 6 nitrogen and oxygen atoms in total. The first kappa shape index (κ1) is 11.4. The van der Waals surface area contributed by atoms with Gasteiger partial charge in [-0.3, -0.25) is 4.79 Å². The number of carbonyl (C=O) groups is 1. The highest BCUT2D eigenvalue weighted by Gasteiger charge is 2.42. The summed E-state index contributed by atoms with van der Waals surface area (Å²) in [5.41, 5.74) is 0.391. The smallest absolute Gasteiger partial charge is 0.271 e. The summed E-state index contributed by atoms with van der Waals surface area (Å²) in [7, 11) is -3.88. The zero-order chi connectivity index (χ0) is 12.1. The van der Waals surface area contributed by atoms with Crippen LogP contribution in [0.1, 0.15) is 5.56 Å². The molecule has 1 heterocycles. The number of benzene rings is 1. The van der Waals surface area contributed by atoms with Gasteiger partial charge in [-0.15, -0.1) is 12.6 Å². The van der Waals surface area contributed by atoms with Crippen molar-refractivity contribution in [2.45, 2.75) is 9.83 Å². The fourth-order valence-electron chi connectivity index (χ4n) is 1.43. The summed E-state index contributed by atoms with van der Waals surface area (Å²) in [6.07, 6.45) is 0. The maximum atomic E-state index is 11.3. The Bertz CT molecular complexity index is 580. The summed E-state index contributed by atoms with van der Waals surface area (Å²) < 4.78 is 22.2. The Morgan fingerprint density at radius 3 is 2.62 bits per heavy atom. The van der Waals surface area contributed by atoms with Gasteiger partial charge in [-0.2, -0.15) is 0 Å². The SMILES string of the molecule is NS(=O)(=O)c1ccc2c(c1)[C@@](O)(S)C(=O)N2. The van der Waals surface area contributed by atoms with E-state index >= 15 is 0 Å². The van der Waals surface area contributed by atoms with E-state index in [2.05, 4.69) is 17.9 Å². The molecule has 8 heteroatoms. The largest absolute Gasteiger partial charge is 0.367 e. The molecule has 0 unspecified atom stereocenters. The maximum absolute atomic E-state index is 11.3. The van der Waals surface area contributed by atoms with E-state index in [1.54, 1.807) is 0 Å². The standard InChI is InChI=1S/C8H8N2O4S2/c9-16(13,14)4-1-2-6-5(3-4)8(12,15)7(11)10-6/h1-3,12,15H,(H,10,11)(H2,9,13,14)/t8-/m1/s1. The fraction of sp³-hybridized carbons (Fsp3) is 0.125. The van der Waals surface area contributed by atoms with Crippen LogP contribution < -0.4 is 10.5 Å². The van der Waals surface area contributed by atoms with Gasteiger partial charge in [-0.1, -0.05) is 0 Å². The Hall–Kier alpha value is -1.09. The van der Waals surface area contributed by atoms with Crippen LogP contribution >= 0.6 is 12.6 Å². The molecule has 16 heavy (non-hydrogen) atoms. The number of sulfonamides is 1. The number of aliphatic hydroxyl groups is 1. The number of rotatable bonds is 1. The van der Waals surface area contributed by atoms with Crippen molar-refractivity contribution in [1.82, 2.24) is 0 Å². The average molecular weight is 260 g/mol. The Balaban J connectivity index is 2.66. The van der Waals surface area contributed by atoms with E-state index in [1.165, 1.54) is 12.1 Å². The minimum Gasteiger partial charge on any atom is -0.367 e. The molecule has 0 radical (unpaired) electrons. The molecule has 1 aromatic rings. The van der Waals surface area contributed by atoms with Crippen molar-refractivity contribution in [1.29, 1.82) is 0 Å². The molecule has 2 rings (SSSR count). The van der Waals surface area contributed by atoms with Crippen molar-refractivity contribution < 1.29 is 18.3 Å². The van der Waals surface area contributed by atoms with Gasteiger partial charge in [-0.05, 0) is 18.2 Å². The summed E-state index contributed by atoms with van der Waals surface area (Å²) in [5, 5.41) is 17.0. The van der Waals surface area contributed by atoms with Crippen LogP contribution in [0.4, 0.5) is 5.69 Å². The quantitative estimate of drug-likeness (QED) is 0.398. The lowest BCUT2D eigenvalue weighted by Crippen LogP contribution is -2.27. The minimum atomic E-state index is -3.88. The number of thiol groups is 1. The van der Waals surface area contributed by atoms with Crippen LogP contribution in [0.15, 0.2) is 23.1 Å². The number of nitrogens with one attached hydrogen (secondary N) is 1. The highest BCUT2D eigenvalue weighted by Crippen LogP contribution is 2.39. The predicted molar refractivity (Wildman–Crippen MR) is 59.3 cm³/mol. The second-order valence-corrected chi connectivity index (χ2v) is 5.59. The molecule has 0 aliphatic carbocycles. The first-order chi connectivity index (χ1) is 7.23. The molecular weight excluding hydrogens is 252 g/mol. The van der Waals surface area contributed by atoms with Crippen molar-refractivity contribution in [2.24, 2.45) is 5.14 Å². The second kappa shape index (κ2) is 3.20. The first-order valence-corrected chi connectivity index (χ1v) is 6.16. The highest BCUT2D eigenvalue weighted by atomic mass is 32.2. The number of fused-ring (bicyclic) bond motifs is 1. The van der Waals surface area contributed by atoms with Gasteiger partial charge in [0.05, 0.1) is 4.90 Å². The maximum Gasteiger partial charge on any atom is 0.271 e. The van der Waals surface area contributed by atoms with Gasteiger partial charge in [0.15, 0.2) is 0 Å². The van der Waals surface area contributed by atoms with E-state index < -0.39 is 20.9 Å². The molecule has 0 saturated heterocycles. The number of hydrogen-bond donors (Lipinski definition) is 4. The van der Waals surface area contributed by atoms with Crippen molar-refractivity contribution in [3.63, 3.8) is 0 Å². The molecular formula is C8H8N2O4S2. The second-order valence-electron chi connectivity index (χ2n) is 3.38. The van der Waals surface area contributed by atoms with Gasteiger partial charge in [0.1, 0.15) is 0 Å². The molecule has 1 aliphatic heterocycles. The van der Waals surface area contributed by atoms with Crippen LogP contribution in [0.3, 0.4) is 0 Å². The van der Waals surface area contributed by atoms with Crippen LogP contribution in [0, 0.1) is 0 Å². The molecule has 1 aromatic carbocycles. The number of hydrogen-bond acceptors (Lipinski definition) is 5. The normalized spacial score (nSPS) is 24.1. The van der Waals surface area contributed by atoms with Crippen molar-refractivity contribution in [2.75, 3.05) is 5.32 Å². The predicted octanol–water partition coefficient (Wildman–Crippen LogP) is -0.639. The molecule has 86 valence electrons. The van der Waals surface area contributed by atoms with Crippen LogP contribution in [-0.2, 0) is 19.8 Å². The highest BCUT2D eigenvalue weighted by molar-refractivity contribution is 7.89. The van der Waals surface area contributed by atoms with Crippen molar-refractivity contribution in [3.05, 3.63) is 23.8 Å². The Kier molecular flexibility index (Phi) is 2.28. The number of nitrogens with two attached hydrogens (primary N) is 1. The summed E-state index contributed by atoms with van der Waals surface area (Å²) in [6, 6.07) is 3.71. The van der Waals surface area contributed by atoms with E-state index in [0.29, 0.717) is 5.69 Å². The molecule has 0 spiro atoms. The van der Waals surface area contributed by atoms with E-state index in [1.807, 2.05) is 0 Å². The summed E-state index contributed by atoms with van der Waals surface area (Å²) in [4.78, 5) is 9.08. The molecule has 1 amide bonds.